The summed E-state index contributed by atoms with van der Waals surface area (Å²) in [6.07, 6.45) is 1.80. The molecule has 19 heavy (non-hydrogen) atoms. The zero-order valence-corrected chi connectivity index (χ0v) is 10.5. The van der Waals surface area contributed by atoms with E-state index in [2.05, 4.69) is 5.10 Å². The Bertz CT molecular complexity index is 633. The molecule has 1 saturated heterocycles. The van der Waals surface area contributed by atoms with Crippen LogP contribution >= 0.6 is 0 Å². The zero-order valence-electron chi connectivity index (χ0n) is 10.5. The lowest BCUT2D eigenvalue weighted by Crippen LogP contribution is -2.31. The SMILES string of the molecule is Cc1ccnn1[C@@H]1CC(=O)N(c2ccccc2)C1=O. The van der Waals surface area contributed by atoms with Crippen molar-refractivity contribution in [3.8, 4) is 0 Å². The van der Waals surface area contributed by atoms with Crippen molar-refractivity contribution < 1.29 is 9.59 Å². The molecule has 1 aliphatic heterocycles. The highest BCUT2D eigenvalue weighted by molar-refractivity contribution is 6.21. The van der Waals surface area contributed by atoms with E-state index >= 15 is 0 Å². The predicted molar refractivity (Wildman–Crippen MR) is 69.6 cm³/mol. The molecule has 0 saturated carbocycles. The van der Waals surface area contributed by atoms with Gasteiger partial charge in [-0.3, -0.25) is 14.3 Å². The van der Waals surface area contributed by atoms with E-state index in [1.54, 1.807) is 23.0 Å². The molecule has 1 atom stereocenters. The van der Waals surface area contributed by atoms with E-state index in [0.717, 1.165) is 5.69 Å². The first-order valence-electron chi connectivity index (χ1n) is 6.10. The molecule has 0 radical (unpaired) electrons. The summed E-state index contributed by atoms with van der Waals surface area (Å²) in [6, 6.07) is 10.3. The third-order valence-electron chi connectivity index (χ3n) is 3.30. The molecule has 1 aromatic heterocycles. The largest absolute Gasteiger partial charge is 0.274 e. The molecule has 0 bridgehead atoms. The number of carbonyl (C=O) groups is 2. The maximum absolute atomic E-state index is 12.4. The van der Waals surface area contributed by atoms with Crippen LogP contribution in [0.15, 0.2) is 42.6 Å². The van der Waals surface area contributed by atoms with Crippen LogP contribution in [0, 0.1) is 6.92 Å². The molecule has 96 valence electrons. The van der Waals surface area contributed by atoms with Crippen molar-refractivity contribution in [3.63, 3.8) is 0 Å². The number of amides is 2. The van der Waals surface area contributed by atoms with Crippen molar-refractivity contribution in [3.05, 3.63) is 48.3 Å². The molecular formula is C14H13N3O2. The number of imide groups is 1. The van der Waals surface area contributed by atoms with Crippen molar-refractivity contribution in [1.29, 1.82) is 0 Å². The van der Waals surface area contributed by atoms with Crippen molar-refractivity contribution in [1.82, 2.24) is 9.78 Å². The first-order chi connectivity index (χ1) is 9.18. The Hall–Kier alpha value is -2.43. The van der Waals surface area contributed by atoms with E-state index in [-0.39, 0.29) is 18.2 Å². The fraction of sp³-hybridized carbons (Fsp3) is 0.214. The number of hydrogen-bond acceptors (Lipinski definition) is 3. The summed E-state index contributed by atoms with van der Waals surface area (Å²) < 4.78 is 1.61. The van der Waals surface area contributed by atoms with E-state index in [0.29, 0.717) is 5.69 Å². The summed E-state index contributed by atoms with van der Waals surface area (Å²) in [5.41, 5.74) is 1.49. The smallest absolute Gasteiger partial charge is 0.259 e. The van der Waals surface area contributed by atoms with E-state index < -0.39 is 6.04 Å². The quantitative estimate of drug-likeness (QED) is 0.767. The van der Waals surface area contributed by atoms with Crippen LogP contribution in [0.1, 0.15) is 18.2 Å². The van der Waals surface area contributed by atoms with Gasteiger partial charge < -0.3 is 0 Å². The van der Waals surface area contributed by atoms with Crippen LogP contribution in [0.5, 0.6) is 0 Å². The van der Waals surface area contributed by atoms with Gasteiger partial charge in [-0.1, -0.05) is 18.2 Å². The van der Waals surface area contributed by atoms with Crippen molar-refractivity contribution >= 4 is 17.5 Å². The Balaban J connectivity index is 1.96. The molecule has 1 fully saturated rings. The Morgan fingerprint density at radius 2 is 1.89 bits per heavy atom. The van der Waals surface area contributed by atoms with E-state index in [1.807, 2.05) is 31.2 Å². The Kier molecular flexibility index (Phi) is 2.67. The second-order valence-electron chi connectivity index (χ2n) is 4.54. The van der Waals surface area contributed by atoms with Crippen LogP contribution in [-0.2, 0) is 9.59 Å². The maximum Gasteiger partial charge on any atom is 0.259 e. The van der Waals surface area contributed by atoms with E-state index in [4.69, 9.17) is 0 Å². The molecule has 5 nitrogen and oxygen atoms in total. The summed E-state index contributed by atoms with van der Waals surface area (Å²) in [5, 5.41) is 4.13. The lowest BCUT2D eigenvalue weighted by molar-refractivity contribution is -0.122. The second-order valence-corrected chi connectivity index (χ2v) is 4.54. The highest BCUT2D eigenvalue weighted by atomic mass is 16.2. The maximum atomic E-state index is 12.4. The topological polar surface area (TPSA) is 55.2 Å². The van der Waals surface area contributed by atoms with E-state index in [1.165, 1.54) is 4.90 Å². The average molecular weight is 255 g/mol. The Morgan fingerprint density at radius 3 is 2.53 bits per heavy atom. The van der Waals surface area contributed by atoms with Gasteiger partial charge in [0.2, 0.25) is 5.91 Å². The fourth-order valence-electron chi connectivity index (χ4n) is 2.36. The molecule has 0 aliphatic carbocycles. The van der Waals surface area contributed by atoms with Crippen molar-refractivity contribution in [2.75, 3.05) is 4.90 Å². The summed E-state index contributed by atoms with van der Waals surface area (Å²) >= 11 is 0. The van der Waals surface area contributed by atoms with Crippen molar-refractivity contribution in [2.45, 2.75) is 19.4 Å². The van der Waals surface area contributed by atoms with Gasteiger partial charge in [0.1, 0.15) is 6.04 Å². The third-order valence-corrected chi connectivity index (χ3v) is 3.30. The van der Waals surface area contributed by atoms with Crippen LogP contribution < -0.4 is 4.90 Å². The molecular weight excluding hydrogens is 242 g/mol. The van der Waals surface area contributed by atoms with Gasteiger partial charge in [-0.2, -0.15) is 5.10 Å². The molecule has 1 aromatic carbocycles. The molecule has 0 spiro atoms. The molecule has 0 N–H and O–H groups in total. The van der Waals surface area contributed by atoms with E-state index in [9.17, 15) is 9.59 Å². The number of benzene rings is 1. The fourth-order valence-corrected chi connectivity index (χ4v) is 2.36. The minimum absolute atomic E-state index is 0.163. The van der Waals surface area contributed by atoms with Crippen molar-refractivity contribution in [2.24, 2.45) is 0 Å². The monoisotopic (exact) mass is 255 g/mol. The Labute approximate surface area is 110 Å². The summed E-state index contributed by atoms with van der Waals surface area (Å²) in [5.74, 6) is -0.404. The molecule has 2 aromatic rings. The average Bonchev–Trinajstić information content (AvgIpc) is 2.94. The summed E-state index contributed by atoms with van der Waals surface area (Å²) in [7, 11) is 0. The number of para-hydroxylation sites is 1. The minimum Gasteiger partial charge on any atom is -0.274 e. The Morgan fingerprint density at radius 1 is 1.16 bits per heavy atom. The number of nitrogens with zero attached hydrogens (tertiary/aromatic N) is 3. The third kappa shape index (κ3) is 1.83. The first-order valence-corrected chi connectivity index (χ1v) is 6.10. The van der Waals surface area contributed by atoms with Gasteiger partial charge in [0.05, 0.1) is 12.1 Å². The van der Waals surface area contributed by atoms with Crippen LogP contribution in [0.4, 0.5) is 5.69 Å². The molecule has 1 aliphatic rings. The number of carbonyl (C=O) groups excluding carboxylic acids is 2. The highest BCUT2D eigenvalue weighted by Gasteiger charge is 2.41. The van der Waals surface area contributed by atoms with Gasteiger partial charge in [0, 0.05) is 11.9 Å². The zero-order chi connectivity index (χ0) is 13.4. The second kappa shape index (κ2) is 4.35. The minimum atomic E-state index is -0.525. The number of anilines is 1. The molecule has 0 unspecified atom stereocenters. The predicted octanol–water partition coefficient (Wildman–Crippen LogP) is 1.70. The highest BCUT2D eigenvalue weighted by Crippen LogP contribution is 2.29. The van der Waals surface area contributed by atoms with Crippen LogP contribution in [0.25, 0.3) is 0 Å². The van der Waals surface area contributed by atoms with Crippen LogP contribution in [0.3, 0.4) is 0 Å². The normalized spacial score (nSPS) is 19.2. The molecule has 2 amide bonds. The first kappa shape index (κ1) is 11.6. The van der Waals surface area contributed by atoms with Gasteiger partial charge in [0.15, 0.2) is 0 Å². The molecule has 2 heterocycles. The van der Waals surface area contributed by atoms with Gasteiger partial charge in [-0.05, 0) is 25.1 Å². The number of aromatic nitrogens is 2. The van der Waals surface area contributed by atoms with Gasteiger partial charge in [0.25, 0.3) is 5.91 Å². The van der Waals surface area contributed by atoms with Gasteiger partial charge in [-0.25, -0.2) is 4.90 Å². The standard InChI is InChI=1S/C14H13N3O2/c1-10-7-8-15-17(10)12-9-13(18)16(14(12)19)11-5-3-2-4-6-11/h2-8,12H,9H2,1H3/t12-/m1/s1. The van der Waals surface area contributed by atoms with Gasteiger partial charge in [-0.15, -0.1) is 0 Å². The number of rotatable bonds is 2. The lowest BCUT2D eigenvalue weighted by Gasteiger charge is -2.15. The summed E-state index contributed by atoms with van der Waals surface area (Å²) in [6.45, 7) is 1.87. The number of aryl methyl sites for hydroxylation is 1. The molecule has 5 heteroatoms. The summed E-state index contributed by atoms with van der Waals surface area (Å²) in [4.78, 5) is 25.7. The lowest BCUT2D eigenvalue weighted by atomic mass is 10.2. The number of hydrogen-bond donors (Lipinski definition) is 0. The van der Waals surface area contributed by atoms with Gasteiger partial charge >= 0.3 is 0 Å². The van der Waals surface area contributed by atoms with Crippen LogP contribution in [0.2, 0.25) is 0 Å². The molecule has 3 rings (SSSR count). The van der Waals surface area contributed by atoms with Crippen LogP contribution in [-0.4, -0.2) is 21.6 Å².